The van der Waals surface area contributed by atoms with Crippen LogP contribution >= 0.6 is 0 Å². The van der Waals surface area contributed by atoms with Crippen molar-refractivity contribution in [3.05, 3.63) is 102 Å². The normalized spacial score (nSPS) is 16.7. The van der Waals surface area contributed by atoms with Crippen molar-refractivity contribution in [2.75, 3.05) is 60.3 Å². The van der Waals surface area contributed by atoms with Gasteiger partial charge in [-0.05, 0) is 59.7 Å². The molecule has 0 bridgehead atoms. The second kappa shape index (κ2) is 24.4. The van der Waals surface area contributed by atoms with Crippen molar-refractivity contribution in [1.82, 2.24) is 15.7 Å². The van der Waals surface area contributed by atoms with E-state index in [1.54, 1.807) is 19.1 Å². The Morgan fingerprint density at radius 1 is 0.733 bits per heavy atom. The van der Waals surface area contributed by atoms with Gasteiger partial charge in [0, 0.05) is 55.1 Å². The van der Waals surface area contributed by atoms with Gasteiger partial charge in [0.05, 0.1) is 77.4 Å². The maximum atomic E-state index is 13.6. The molecule has 1 aliphatic heterocycles. The number of fused-ring (bicyclic) bond motifs is 1. The Morgan fingerprint density at radius 2 is 1.43 bits per heavy atom. The summed E-state index contributed by atoms with van der Waals surface area (Å²) in [6.45, 7) is 1.78. The molecule has 0 radical (unpaired) electrons. The molecule has 3 unspecified atom stereocenters. The van der Waals surface area contributed by atoms with E-state index < -0.39 is 28.8 Å². The van der Waals surface area contributed by atoms with Gasteiger partial charge in [-0.25, -0.2) is 0 Å². The molecule has 5 rings (SSSR count). The Morgan fingerprint density at radius 3 is 2.17 bits per heavy atom. The lowest BCUT2D eigenvalue weighted by atomic mass is 9.78. The molecule has 326 valence electrons. The van der Waals surface area contributed by atoms with Crippen LogP contribution in [0.3, 0.4) is 0 Å². The van der Waals surface area contributed by atoms with Crippen molar-refractivity contribution < 1.29 is 68.5 Å². The fourth-order valence-electron chi connectivity index (χ4n) is 7.20. The molecule has 4 aromatic rings. The van der Waals surface area contributed by atoms with E-state index in [0.29, 0.717) is 37.7 Å². The summed E-state index contributed by atoms with van der Waals surface area (Å²) < 4.78 is 35.5. The standard InChI is InChI=1S/C43H55N3O14/c1-53-38-13-6-4-11-34(38)29-55-20-9-21-56-36-18-16-32(17-19-36)43-35(30-58-42(48)15-8-23-60-46(51)52)26-44(41(47)14-7-22-59-45(49)50)27-40(43)57-28-31-24-33-10-3-5-12-37(33)39(25-31)54-2/h3-6,10-13,16-19,24-25,35,40,43,49-52H,7-9,14-15,20-23,26-30H2,1-2H3. The Balaban J connectivity index is 1.32. The van der Waals surface area contributed by atoms with Gasteiger partial charge < -0.3 is 33.3 Å². The van der Waals surface area contributed by atoms with E-state index >= 15 is 0 Å². The third-order valence-electron chi connectivity index (χ3n) is 10.0. The Labute approximate surface area is 348 Å². The summed E-state index contributed by atoms with van der Waals surface area (Å²) in [5, 5.41) is 36.6. The number of nitrogens with zero attached hydrogens (tertiary/aromatic N) is 3. The highest BCUT2D eigenvalue weighted by molar-refractivity contribution is 5.89. The first kappa shape index (κ1) is 46.2. The van der Waals surface area contributed by atoms with Gasteiger partial charge >= 0.3 is 5.97 Å². The van der Waals surface area contributed by atoms with E-state index in [1.165, 1.54) is 0 Å². The maximum Gasteiger partial charge on any atom is 0.305 e. The fraction of sp³-hybridized carbons (Fsp3) is 0.442. The number of rotatable bonds is 25. The number of hydrogen-bond donors (Lipinski definition) is 4. The summed E-state index contributed by atoms with van der Waals surface area (Å²) in [6, 6.07) is 27.3. The molecule has 0 saturated carbocycles. The highest BCUT2D eigenvalue weighted by atomic mass is 17.1. The minimum Gasteiger partial charge on any atom is -0.496 e. The Hall–Kier alpha value is -4.92. The summed E-state index contributed by atoms with van der Waals surface area (Å²) in [5.74, 6) is 0.687. The zero-order valence-corrected chi connectivity index (χ0v) is 33.9. The lowest BCUT2D eigenvalue weighted by Gasteiger charge is -2.44. The van der Waals surface area contributed by atoms with Crippen LogP contribution < -0.4 is 14.2 Å². The van der Waals surface area contributed by atoms with Crippen molar-refractivity contribution in [2.45, 2.75) is 57.3 Å². The van der Waals surface area contributed by atoms with Gasteiger partial charge in [0.1, 0.15) is 17.2 Å². The molecule has 1 aliphatic rings. The quantitative estimate of drug-likeness (QED) is 0.0339. The molecule has 17 heteroatoms. The number of likely N-dealkylation sites (tertiary alicyclic amines) is 1. The van der Waals surface area contributed by atoms with Crippen molar-refractivity contribution in [1.29, 1.82) is 0 Å². The molecule has 1 saturated heterocycles. The number of carbonyl (C=O) groups is 2. The predicted molar refractivity (Wildman–Crippen MR) is 213 cm³/mol. The lowest BCUT2D eigenvalue weighted by molar-refractivity contribution is -0.492. The highest BCUT2D eigenvalue weighted by Crippen LogP contribution is 2.38. The van der Waals surface area contributed by atoms with Crippen molar-refractivity contribution in [3.8, 4) is 17.2 Å². The lowest BCUT2D eigenvalue weighted by Crippen LogP contribution is -2.52. The average Bonchev–Trinajstić information content (AvgIpc) is 3.26. The summed E-state index contributed by atoms with van der Waals surface area (Å²) in [7, 11) is 3.25. The fourth-order valence-corrected chi connectivity index (χ4v) is 7.20. The van der Waals surface area contributed by atoms with Gasteiger partial charge in [-0.3, -0.25) is 40.1 Å². The minimum atomic E-state index is -0.550. The number of piperidine rings is 1. The van der Waals surface area contributed by atoms with E-state index in [1.807, 2.05) is 84.9 Å². The Bertz CT molecular complexity index is 1910. The van der Waals surface area contributed by atoms with Gasteiger partial charge in [0.25, 0.3) is 0 Å². The number of benzene rings is 4. The van der Waals surface area contributed by atoms with Crippen LogP contribution in [0.25, 0.3) is 10.8 Å². The maximum absolute atomic E-state index is 13.6. The van der Waals surface area contributed by atoms with Crippen LogP contribution in [0.2, 0.25) is 0 Å². The zero-order chi connectivity index (χ0) is 42.7. The van der Waals surface area contributed by atoms with Crippen LogP contribution in [0.1, 0.15) is 54.7 Å². The van der Waals surface area contributed by atoms with E-state index in [0.717, 1.165) is 33.2 Å². The molecule has 1 amide bonds. The molecule has 4 N–H and O–H groups in total. The van der Waals surface area contributed by atoms with Crippen molar-refractivity contribution in [3.63, 3.8) is 0 Å². The second-order valence-corrected chi connectivity index (χ2v) is 14.2. The molecular formula is C43H55N3O14. The summed E-state index contributed by atoms with van der Waals surface area (Å²) in [4.78, 5) is 37.4. The molecule has 17 nitrogen and oxygen atoms in total. The highest BCUT2D eigenvalue weighted by Gasteiger charge is 2.41. The van der Waals surface area contributed by atoms with Crippen LogP contribution in [0.5, 0.6) is 17.2 Å². The Kier molecular flexibility index (Phi) is 18.7. The second-order valence-electron chi connectivity index (χ2n) is 14.2. The van der Waals surface area contributed by atoms with Gasteiger partial charge in [0.2, 0.25) is 5.91 Å². The number of methoxy groups -OCH3 is 2. The number of para-hydroxylation sites is 1. The number of ether oxygens (including phenoxy) is 6. The molecular weight excluding hydrogens is 782 g/mol. The van der Waals surface area contributed by atoms with Gasteiger partial charge in [-0.2, -0.15) is 0 Å². The molecule has 60 heavy (non-hydrogen) atoms. The van der Waals surface area contributed by atoms with Crippen LogP contribution in [-0.4, -0.2) is 115 Å². The molecule has 0 spiro atoms. The molecule has 0 aliphatic carbocycles. The smallest absolute Gasteiger partial charge is 0.305 e. The van der Waals surface area contributed by atoms with Gasteiger partial charge in [-0.1, -0.05) is 54.6 Å². The summed E-state index contributed by atoms with van der Waals surface area (Å²) in [5.41, 5.74) is 2.74. The monoisotopic (exact) mass is 837 g/mol. The van der Waals surface area contributed by atoms with E-state index in [2.05, 4.69) is 9.68 Å². The van der Waals surface area contributed by atoms with E-state index in [-0.39, 0.29) is 77.0 Å². The van der Waals surface area contributed by atoms with Crippen molar-refractivity contribution >= 4 is 22.6 Å². The first-order valence-electron chi connectivity index (χ1n) is 19.8. The first-order chi connectivity index (χ1) is 29.1. The van der Waals surface area contributed by atoms with Crippen LogP contribution in [0, 0.1) is 5.92 Å². The van der Waals surface area contributed by atoms with Crippen LogP contribution in [0.4, 0.5) is 0 Å². The summed E-state index contributed by atoms with van der Waals surface area (Å²) in [6.07, 6.45) is 0.528. The average molecular weight is 838 g/mol. The molecule has 3 atom stereocenters. The molecule has 4 aromatic carbocycles. The number of amides is 1. The third-order valence-corrected chi connectivity index (χ3v) is 10.0. The van der Waals surface area contributed by atoms with E-state index in [4.69, 9.17) is 49.3 Å². The minimum absolute atomic E-state index is 0.0376. The first-order valence-corrected chi connectivity index (χ1v) is 19.8. The SMILES string of the molecule is COc1ccccc1COCCCOc1ccc(C2C(COC(=O)CCCON(O)O)CN(C(=O)CCCON(O)O)CC2OCc2cc(OC)c3ccccc3c2)cc1. The summed E-state index contributed by atoms with van der Waals surface area (Å²) >= 11 is 0. The number of esters is 1. The molecule has 1 fully saturated rings. The van der Waals surface area contributed by atoms with Crippen LogP contribution in [0.15, 0.2) is 84.9 Å². The van der Waals surface area contributed by atoms with Gasteiger partial charge in [-0.15, -0.1) is 0 Å². The van der Waals surface area contributed by atoms with Gasteiger partial charge in [0.15, 0.2) is 0 Å². The topological polar surface area (TPSA) is 199 Å². The number of carbonyl (C=O) groups excluding carboxylic acids is 2. The number of hydrogen-bond acceptors (Lipinski definition) is 16. The third kappa shape index (κ3) is 14.4. The zero-order valence-electron chi connectivity index (χ0n) is 33.9. The van der Waals surface area contributed by atoms with Crippen molar-refractivity contribution in [2.24, 2.45) is 5.92 Å². The molecule has 0 aromatic heterocycles. The van der Waals surface area contributed by atoms with E-state index in [9.17, 15) is 9.59 Å². The van der Waals surface area contributed by atoms with Crippen LogP contribution in [-0.2, 0) is 46.7 Å². The molecule has 1 heterocycles. The predicted octanol–water partition coefficient (Wildman–Crippen LogP) is 6.10. The largest absolute Gasteiger partial charge is 0.496 e.